The van der Waals surface area contributed by atoms with Crippen molar-refractivity contribution in [3.8, 4) is 0 Å². The van der Waals surface area contributed by atoms with Crippen LogP contribution in [0.25, 0.3) is 0 Å². The van der Waals surface area contributed by atoms with Crippen molar-refractivity contribution in [1.29, 1.82) is 0 Å². The molecule has 0 rings (SSSR count). The van der Waals surface area contributed by atoms with Gasteiger partial charge in [-0.15, -0.1) is 0 Å². The highest BCUT2D eigenvalue weighted by Crippen LogP contribution is 1.90. The fraction of sp³-hybridized carbons (Fsp3) is 0.778. The Morgan fingerprint density at radius 1 is 1.42 bits per heavy atom. The predicted octanol–water partition coefficient (Wildman–Crippen LogP) is 0.636. The van der Waals surface area contributed by atoms with Crippen LogP contribution in [-0.2, 0) is 4.79 Å². The lowest BCUT2D eigenvalue weighted by molar-refractivity contribution is -0.460. The van der Waals surface area contributed by atoms with Crippen LogP contribution in [0.1, 0.15) is 26.2 Å². The van der Waals surface area contributed by atoms with E-state index in [0.29, 0.717) is 0 Å². The van der Waals surface area contributed by atoms with Crippen molar-refractivity contribution in [2.75, 3.05) is 20.6 Å². The van der Waals surface area contributed by atoms with Gasteiger partial charge in [-0.1, -0.05) is 0 Å². The highest BCUT2D eigenvalue weighted by molar-refractivity contribution is 5.72. The third-order valence-electron chi connectivity index (χ3n) is 1.50. The minimum atomic E-state index is 0.0617. The number of amides is 1. The predicted molar refractivity (Wildman–Crippen MR) is 50.7 cm³/mol. The highest BCUT2D eigenvalue weighted by Gasteiger charge is 1.91. The van der Waals surface area contributed by atoms with Crippen LogP contribution in [0.3, 0.4) is 0 Å². The van der Waals surface area contributed by atoms with Crippen LogP contribution >= 0.6 is 0 Å². The van der Waals surface area contributed by atoms with Gasteiger partial charge in [-0.25, -0.2) is 4.58 Å². The molecule has 0 unspecified atom stereocenters. The van der Waals surface area contributed by atoms with Gasteiger partial charge in [0, 0.05) is 19.9 Å². The fourth-order valence-corrected chi connectivity index (χ4v) is 0.883. The fourth-order valence-electron chi connectivity index (χ4n) is 0.883. The number of hydrogen-bond donors (Lipinski definition) is 1. The van der Waals surface area contributed by atoms with Crippen molar-refractivity contribution in [3.63, 3.8) is 0 Å². The smallest absolute Gasteiger partial charge is 0.216 e. The first kappa shape index (κ1) is 11.1. The average molecular weight is 172 g/mol. The Kier molecular flexibility index (Phi) is 6.34. The monoisotopic (exact) mass is 172 g/mol. The van der Waals surface area contributed by atoms with E-state index in [1.165, 1.54) is 0 Å². The molecule has 0 aromatic heterocycles. The molecule has 0 aliphatic heterocycles. The molecular weight excluding hydrogens is 153 g/mol. The van der Waals surface area contributed by atoms with E-state index < -0.39 is 0 Å². The first-order chi connectivity index (χ1) is 5.63. The number of unbranched alkanes of at least 4 members (excludes halogenated alkanes) is 2. The Morgan fingerprint density at radius 2 is 2.08 bits per heavy atom. The van der Waals surface area contributed by atoms with Gasteiger partial charge in [0.15, 0.2) is 0 Å². The third kappa shape index (κ3) is 9.14. The summed E-state index contributed by atoms with van der Waals surface area (Å²) in [5.41, 5.74) is 0. The number of carbonyl (C=O) groups is 1. The molecule has 3 nitrogen and oxygen atoms in total. The van der Waals surface area contributed by atoms with E-state index in [0.717, 1.165) is 25.8 Å². The van der Waals surface area contributed by atoms with Gasteiger partial charge >= 0.3 is 0 Å². The van der Waals surface area contributed by atoms with Gasteiger partial charge in [0.05, 0.1) is 0 Å². The van der Waals surface area contributed by atoms with E-state index in [-0.39, 0.29) is 5.91 Å². The lowest BCUT2D eigenvalue weighted by Crippen LogP contribution is -2.20. The molecule has 0 saturated heterocycles. The first-order valence-electron chi connectivity index (χ1n) is 4.37. The molecule has 1 N–H and O–H groups in total. The Morgan fingerprint density at radius 3 is 2.58 bits per heavy atom. The summed E-state index contributed by atoms with van der Waals surface area (Å²) in [5, 5.41) is 2.77. The molecule has 0 aliphatic carbocycles. The topological polar surface area (TPSA) is 32.1 Å². The first-order valence-corrected chi connectivity index (χ1v) is 4.37. The molecule has 0 radical (unpaired) electrons. The van der Waals surface area contributed by atoms with Gasteiger partial charge in [-0.2, -0.15) is 0 Å². The molecule has 3 heteroatoms. The van der Waals surface area contributed by atoms with Crippen LogP contribution in [0.2, 0.25) is 0 Å². The second-order valence-corrected chi connectivity index (χ2v) is 3.12. The number of nitrogens with zero attached hydrogens (tertiary/aromatic N) is 1. The summed E-state index contributed by atoms with van der Waals surface area (Å²) in [7, 11) is 4.04. The van der Waals surface area contributed by atoms with Crippen LogP contribution in [0.5, 0.6) is 0 Å². The Balaban J connectivity index is 3.11. The van der Waals surface area contributed by atoms with Crippen LogP contribution in [0, 0.1) is 0 Å². The van der Waals surface area contributed by atoms with Gasteiger partial charge in [-0.05, 0) is 12.8 Å². The lowest BCUT2D eigenvalue weighted by atomic mass is 10.2. The van der Waals surface area contributed by atoms with Crippen molar-refractivity contribution in [2.45, 2.75) is 26.2 Å². The lowest BCUT2D eigenvalue weighted by Gasteiger charge is -1.98. The minimum Gasteiger partial charge on any atom is -0.356 e. The zero-order valence-corrected chi connectivity index (χ0v) is 8.26. The molecule has 0 saturated carbocycles. The molecule has 0 aliphatic rings. The molecule has 1 amide bonds. The van der Waals surface area contributed by atoms with Crippen molar-refractivity contribution < 1.29 is 9.37 Å². The van der Waals surface area contributed by atoms with Crippen molar-refractivity contribution >= 4 is 12.1 Å². The minimum absolute atomic E-state index is 0.0617. The summed E-state index contributed by atoms with van der Waals surface area (Å²) in [6.07, 6.45) is 5.43. The molecule has 0 aromatic carbocycles. The second-order valence-electron chi connectivity index (χ2n) is 3.12. The Hall–Kier alpha value is -0.860. The molecular formula is C9H19N2O+. The Bertz CT molecular complexity index is 160. The molecule has 0 bridgehead atoms. The van der Waals surface area contributed by atoms with E-state index in [1.807, 2.05) is 14.1 Å². The summed E-state index contributed by atoms with van der Waals surface area (Å²) in [6.45, 7) is 2.35. The maximum Gasteiger partial charge on any atom is 0.216 e. The van der Waals surface area contributed by atoms with E-state index in [9.17, 15) is 4.79 Å². The van der Waals surface area contributed by atoms with E-state index in [4.69, 9.17) is 0 Å². The van der Waals surface area contributed by atoms with Crippen molar-refractivity contribution in [2.24, 2.45) is 0 Å². The largest absolute Gasteiger partial charge is 0.356 e. The molecule has 0 spiro atoms. The van der Waals surface area contributed by atoms with Crippen LogP contribution in [0.15, 0.2) is 0 Å². The van der Waals surface area contributed by atoms with Gasteiger partial charge in [0.2, 0.25) is 5.91 Å². The normalized spacial score (nSPS) is 9.25. The Labute approximate surface area is 74.5 Å². The summed E-state index contributed by atoms with van der Waals surface area (Å²) < 4.78 is 2.05. The zero-order valence-electron chi connectivity index (χ0n) is 8.26. The summed E-state index contributed by atoms with van der Waals surface area (Å²) in [6, 6.07) is 0. The van der Waals surface area contributed by atoms with E-state index >= 15 is 0 Å². The summed E-state index contributed by atoms with van der Waals surface area (Å²) in [5.74, 6) is 0.0617. The second kappa shape index (κ2) is 6.83. The van der Waals surface area contributed by atoms with Crippen LogP contribution in [0.4, 0.5) is 0 Å². The number of rotatable bonds is 5. The van der Waals surface area contributed by atoms with Gasteiger partial charge in [0.1, 0.15) is 20.3 Å². The SMILES string of the molecule is C[N+](C)=CCCCCNC([13CH3])=O. The molecule has 12 heavy (non-hydrogen) atoms. The average Bonchev–Trinajstić information content (AvgIpc) is 1.95. The summed E-state index contributed by atoms with van der Waals surface area (Å²) >= 11 is 0. The maximum atomic E-state index is 10.5. The van der Waals surface area contributed by atoms with E-state index in [2.05, 4.69) is 16.1 Å². The molecule has 0 atom stereocenters. The number of hydrogen-bond acceptors (Lipinski definition) is 1. The third-order valence-corrected chi connectivity index (χ3v) is 1.50. The zero-order chi connectivity index (χ0) is 9.40. The van der Waals surface area contributed by atoms with Gasteiger partial charge < -0.3 is 5.32 Å². The summed E-state index contributed by atoms with van der Waals surface area (Å²) in [4.78, 5) is 10.5. The molecule has 70 valence electrons. The molecule has 0 aromatic rings. The molecule has 0 fully saturated rings. The maximum absolute atomic E-state index is 10.5. The number of carbonyl (C=O) groups excluding carboxylic acids is 1. The van der Waals surface area contributed by atoms with Crippen LogP contribution < -0.4 is 5.32 Å². The number of nitrogens with one attached hydrogen (secondary N) is 1. The van der Waals surface area contributed by atoms with Crippen molar-refractivity contribution in [3.05, 3.63) is 0 Å². The van der Waals surface area contributed by atoms with Crippen molar-refractivity contribution in [1.82, 2.24) is 5.32 Å². The van der Waals surface area contributed by atoms with Crippen LogP contribution in [-0.4, -0.2) is 37.3 Å². The quantitative estimate of drug-likeness (QED) is 0.280. The van der Waals surface area contributed by atoms with Gasteiger partial charge in [-0.3, -0.25) is 4.79 Å². The van der Waals surface area contributed by atoms with E-state index in [1.54, 1.807) is 6.92 Å². The highest BCUT2D eigenvalue weighted by atomic mass is 16.2. The molecule has 0 heterocycles. The standard InChI is InChI=1S/C9H18N2O/c1-9(12)10-7-5-4-6-8-11(2)3/h8H,4-7H2,1-3H3/p+1/i1+1. The van der Waals surface area contributed by atoms with Gasteiger partial charge in [0.25, 0.3) is 0 Å².